The summed E-state index contributed by atoms with van der Waals surface area (Å²) in [6.45, 7) is 2.61. The molecule has 5 aliphatic rings. The van der Waals surface area contributed by atoms with Crippen LogP contribution in [0, 0.1) is 23.2 Å². The second kappa shape index (κ2) is 7.95. The minimum atomic E-state index is -0.853. The van der Waals surface area contributed by atoms with Crippen LogP contribution in [-0.2, 0) is 32.1 Å². The lowest BCUT2D eigenvalue weighted by molar-refractivity contribution is -0.160. The highest BCUT2D eigenvalue weighted by Crippen LogP contribution is 2.60. The van der Waals surface area contributed by atoms with Gasteiger partial charge < -0.3 is 15.0 Å². The summed E-state index contributed by atoms with van der Waals surface area (Å²) >= 11 is 0. The minimum absolute atomic E-state index is 0.00941. The van der Waals surface area contributed by atoms with Gasteiger partial charge in [-0.15, -0.1) is 0 Å². The van der Waals surface area contributed by atoms with Crippen molar-refractivity contribution in [3.63, 3.8) is 0 Å². The third-order valence-electron chi connectivity index (χ3n) is 8.01. The first-order valence-electron chi connectivity index (χ1n) is 11.8. The number of amides is 2. The van der Waals surface area contributed by atoms with Crippen molar-refractivity contribution in [2.45, 2.75) is 64.5 Å². The van der Waals surface area contributed by atoms with E-state index in [1.165, 1.54) is 24.8 Å². The first-order chi connectivity index (χ1) is 14.9. The Labute approximate surface area is 183 Å². The number of carbonyl (C=O) groups excluding carboxylic acids is 3. The first-order valence-corrected chi connectivity index (χ1v) is 11.8. The molecule has 0 spiro atoms. The van der Waals surface area contributed by atoms with Gasteiger partial charge in [-0.25, -0.2) is 0 Å². The summed E-state index contributed by atoms with van der Waals surface area (Å²) in [5.41, 5.74) is 2.13. The van der Waals surface area contributed by atoms with Gasteiger partial charge in [-0.1, -0.05) is 24.3 Å². The number of nitrogens with zero attached hydrogens (tertiary/aromatic N) is 1. The molecule has 1 heterocycles. The Morgan fingerprint density at radius 3 is 2.32 bits per heavy atom. The average molecular weight is 425 g/mol. The van der Waals surface area contributed by atoms with E-state index >= 15 is 0 Å². The smallest absolute Gasteiger partial charge is 0.326 e. The van der Waals surface area contributed by atoms with Gasteiger partial charge in [-0.05, 0) is 80.8 Å². The molecule has 4 fully saturated rings. The van der Waals surface area contributed by atoms with E-state index in [9.17, 15) is 14.4 Å². The van der Waals surface area contributed by atoms with Crippen molar-refractivity contribution in [3.05, 3.63) is 35.4 Å². The van der Waals surface area contributed by atoms with E-state index in [2.05, 4.69) is 11.4 Å². The van der Waals surface area contributed by atoms with Gasteiger partial charge in [-0.2, -0.15) is 0 Å². The molecule has 1 N–H and O–H groups in total. The molecular formula is C25H32N2O4. The van der Waals surface area contributed by atoms with E-state index in [0.29, 0.717) is 30.8 Å². The predicted octanol–water partition coefficient (Wildman–Crippen LogP) is 2.84. The van der Waals surface area contributed by atoms with Crippen LogP contribution in [0.2, 0.25) is 0 Å². The van der Waals surface area contributed by atoms with Crippen LogP contribution >= 0.6 is 0 Å². The summed E-state index contributed by atoms with van der Waals surface area (Å²) in [5.74, 6) is 1.31. The van der Waals surface area contributed by atoms with E-state index in [0.717, 1.165) is 31.2 Å². The SMILES string of the molecule is C[C@H](OC(=O)CNC(=O)C12CC3CC(CC(C3)C1)C2)C(=O)N1CCc2ccccc2C1. The molecule has 2 amide bonds. The predicted molar refractivity (Wildman–Crippen MR) is 115 cm³/mol. The lowest BCUT2D eigenvalue weighted by Crippen LogP contribution is -2.54. The van der Waals surface area contributed by atoms with Gasteiger partial charge in [0.05, 0.1) is 0 Å². The second-order valence-corrected chi connectivity index (χ2v) is 10.3. The van der Waals surface area contributed by atoms with Crippen LogP contribution < -0.4 is 5.32 Å². The number of fused-ring (bicyclic) bond motifs is 1. The van der Waals surface area contributed by atoms with E-state index in [-0.39, 0.29) is 23.8 Å². The normalized spacial score (nSPS) is 31.6. The third kappa shape index (κ3) is 3.97. The number of rotatable bonds is 5. The van der Waals surface area contributed by atoms with Crippen LogP contribution in [0.5, 0.6) is 0 Å². The molecule has 6 rings (SSSR count). The Balaban J connectivity index is 1.11. The standard InChI is InChI=1S/C25H32N2O4/c1-16(23(29)27-7-6-20-4-2-3-5-21(20)15-27)31-22(28)14-26-24(30)25-11-17-8-18(12-25)10-19(9-17)13-25/h2-5,16-19H,6-15H2,1H3,(H,26,30)/t16-,17?,18?,19?,25?/m0/s1. The van der Waals surface area contributed by atoms with Crippen molar-refractivity contribution in [2.75, 3.05) is 13.1 Å². The Bertz CT molecular complexity index is 860. The van der Waals surface area contributed by atoms with Gasteiger partial charge in [0, 0.05) is 18.5 Å². The van der Waals surface area contributed by atoms with Crippen LogP contribution in [0.3, 0.4) is 0 Å². The molecule has 1 aromatic rings. The van der Waals surface area contributed by atoms with Crippen molar-refractivity contribution in [1.82, 2.24) is 10.2 Å². The van der Waals surface area contributed by atoms with Crippen molar-refractivity contribution in [1.29, 1.82) is 0 Å². The largest absolute Gasteiger partial charge is 0.451 e. The number of nitrogens with one attached hydrogen (secondary N) is 1. The Morgan fingerprint density at radius 2 is 1.68 bits per heavy atom. The molecule has 4 aliphatic carbocycles. The zero-order chi connectivity index (χ0) is 21.6. The highest BCUT2D eigenvalue weighted by Gasteiger charge is 2.54. The summed E-state index contributed by atoms with van der Waals surface area (Å²) in [4.78, 5) is 39.9. The van der Waals surface area contributed by atoms with Crippen LogP contribution in [0.1, 0.15) is 56.6 Å². The highest BCUT2D eigenvalue weighted by molar-refractivity contribution is 5.88. The lowest BCUT2D eigenvalue weighted by atomic mass is 9.49. The molecule has 6 heteroatoms. The molecule has 0 aromatic heterocycles. The van der Waals surface area contributed by atoms with Gasteiger partial charge in [0.15, 0.2) is 6.10 Å². The quantitative estimate of drug-likeness (QED) is 0.738. The fourth-order valence-electron chi connectivity index (χ4n) is 6.96. The molecule has 4 saturated carbocycles. The number of hydrogen-bond donors (Lipinski definition) is 1. The highest BCUT2D eigenvalue weighted by atomic mass is 16.5. The van der Waals surface area contributed by atoms with E-state index < -0.39 is 12.1 Å². The summed E-state index contributed by atoms with van der Waals surface area (Å²) in [7, 11) is 0. The number of hydrogen-bond acceptors (Lipinski definition) is 4. The maximum Gasteiger partial charge on any atom is 0.326 e. The van der Waals surface area contributed by atoms with Gasteiger partial charge in [0.25, 0.3) is 5.91 Å². The molecule has 4 bridgehead atoms. The van der Waals surface area contributed by atoms with E-state index in [1.807, 2.05) is 18.2 Å². The Kier molecular flexibility index (Phi) is 5.27. The fraction of sp³-hybridized carbons (Fsp3) is 0.640. The number of carbonyl (C=O) groups is 3. The molecular weight excluding hydrogens is 392 g/mol. The summed E-state index contributed by atoms with van der Waals surface area (Å²) < 4.78 is 5.38. The molecule has 31 heavy (non-hydrogen) atoms. The molecule has 1 aliphatic heterocycles. The van der Waals surface area contributed by atoms with Crippen LogP contribution in [0.4, 0.5) is 0 Å². The molecule has 0 saturated heterocycles. The maximum absolute atomic E-state index is 13.0. The van der Waals surface area contributed by atoms with Crippen LogP contribution in [0.25, 0.3) is 0 Å². The zero-order valence-corrected chi connectivity index (χ0v) is 18.3. The van der Waals surface area contributed by atoms with Gasteiger partial charge in [0.1, 0.15) is 6.54 Å². The van der Waals surface area contributed by atoms with Gasteiger partial charge in [-0.3, -0.25) is 14.4 Å². The molecule has 0 unspecified atom stereocenters. The Morgan fingerprint density at radius 1 is 1.06 bits per heavy atom. The molecule has 0 radical (unpaired) electrons. The third-order valence-corrected chi connectivity index (χ3v) is 8.01. The van der Waals surface area contributed by atoms with Crippen LogP contribution in [0.15, 0.2) is 24.3 Å². The summed E-state index contributed by atoms with van der Waals surface area (Å²) in [6.07, 6.45) is 6.67. The van der Waals surface area contributed by atoms with Crippen molar-refractivity contribution >= 4 is 17.8 Å². The number of ether oxygens (including phenoxy) is 1. The fourth-order valence-corrected chi connectivity index (χ4v) is 6.96. The Hall–Kier alpha value is -2.37. The summed E-state index contributed by atoms with van der Waals surface area (Å²) in [6, 6.07) is 8.11. The average Bonchev–Trinajstić information content (AvgIpc) is 2.75. The minimum Gasteiger partial charge on any atom is -0.451 e. The monoisotopic (exact) mass is 424 g/mol. The van der Waals surface area contributed by atoms with Gasteiger partial charge >= 0.3 is 5.97 Å². The first kappa shape index (κ1) is 20.5. The second-order valence-electron chi connectivity index (χ2n) is 10.3. The maximum atomic E-state index is 13.0. The number of benzene rings is 1. The molecule has 1 aromatic carbocycles. The van der Waals surface area contributed by atoms with Crippen molar-refractivity contribution in [3.8, 4) is 0 Å². The van der Waals surface area contributed by atoms with Crippen molar-refractivity contribution in [2.24, 2.45) is 23.2 Å². The van der Waals surface area contributed by atoms with E-state index in [4.69, 9.17) is 4.74 Å². The number of esters is 1. The van der Waals surface area contributed by atoms with Gasteiger partial charge in [0.2, 0.25) is 5.91 Å². The van der Waals surface area contributed by atoms with E-state index in [1.54, 1.807) is 11.8 Å². The van der Waals surface area contributed by atoms with Crippen molar-refractivity contribution < 1.29 is 19.1 Å². The molecule has 1 atom stereocenters. The summed E-state index contributed by atoms with van der Waals surface area (Å²) in [5, 5.41) is 2.84. The van der Waals surface area contributed by atoms with Crippen LogP contribution in [-0.4, -0.2) is 41.9 Å². The topological polar surface area (TPSA) is 75.7 Å². The zero-order valence-electron chi connectivity index (χ0n) is 18.3. The molecule has 6 nitrogen and oxygen atoms in total. The lowest BCUT2D eigenvalue weighted by Gasteiger charge is -2.55. The molecule has 166 valence electrons.